The third-order valence-electron chi connectivity index (χ3n) is 4.63. The van der Waals surface area contributed by atoms with Crippen molar-refractivity contribution >= 4 is 17.2 Å². The fourth-order valence-electron chi connectivity index (χ4n) is 2.91. The zero-order valence-corrected chi connectivity index (χ0v) is 19.1. The predicted molar refractivity (Wildman–Crippen MR) is 126 cm³/mol. The first-order valence-electron chi connectivity index (χ1n) is 10.6. The average Bonchev–Trinajstić information content (AvgIpc) is 2.81. The molecule has 0 amide bonds. The minimum absolute atomic E-state index is 0.0211. The zero-order chi connectivity index (χ0) is 24.1. The molecule has 0 fully saturated rings. The number of carbonyl (C=O) groups excluding carboxylic acids is 1. The summed E-state index contributed by atoms with van der Waals surface area (Å²) in [6, 6.07) is 21.7. The van der Waals surface area contributed by atoms with E-state index in [2.05, 4.69) is 10.2 Å². The molecule has 0 heterocycles. The molecule has 3 rings (SSSR count). The van der Waals surface area contributed by atoms with Crippen LogP contribution in [0.2, 0.25) is 0 Å². The lowest BCUT2D eigenvalue weighted by molar-refractivity contribution is -0.763. The number of hydrogen-bond donors (Lipinski definition) is 1. The van der Waals surface area contributed by atoms with Crippen LogP contribution in [0.1, 0.15) is 25.0 Å². The van der Waals surface area contributed by atoms with Gasteiger partial charge in [0.05, 0.1) is 0 Å². The number of benzene rings is 3. The van der Waals surface area contributed by atoms with Crippen LogP contribution >= 0.6 is 0 Å². The van der Waals surface area contributed by atoms with Crippen LogP contribution in [0.3, 0.4) is 0 Å². The Balaban J connectivity index is 0.000000273. The van der Waals surface area contributed by atoms with E-state index >= 15 is 0 Å². The zero-order valence-electron chi connectivity index (χ0n) is 19.1. The highest BCUT2D eigenvalue weighted by atomic mass is 16.9. The molecule has 1 unspecified atom stereocenters. The maximum absolute atomic E-state index is 10.6. The van der Waals surface area contributed by atoms with Crippen molar-refractivity contribution in [2.24, 2.45) is 0 Å². The number of rotatable bonds is 11. The first kappa shape index (κ1) is 25.6. The van der Waals surface area contributed by atoms with Crippen molar-refractivity contribution in [3.05, 3.63) is 88.0 Å². The minimum atomic E-state index is -0.792. The first-order valence-corrected chi connectivity index (χ1v) is 10.6. The maximum atomic E-state index is 10.6. The number of carbonyl (C=O) groups is 1. The molecule has 0 spiro atoms. The third-order valence-corrected chi connectivity index (χ3v) is 4.63. The van der Waals surface area contributed by atoms with Crippen LogP contribution in [0.15, 0.2) is 66.7 Å². The number of hydrogen-bond acceptors (Lipinski definition) is 7. The van der Waals surface area contributed by atoms with Gasteiger partial charge in [0, 0.05) is 18.0 Å². The van der Waals surface area contributed by atoms with Crippen LogP contribution < -0.4 is 10.1 Å². The van der Waals surface area contributed by atoms with Gasteiger partial charge in [-0.15, -0.1) is 10.1 Å². The molecule has 8 nitrogen and oxygen atoms in total. The van der Waals surface area contributed by atoms with E-state index in [1.807, 2.05) is 75.4 Å². The van der Waals surface area contributed by atoms with Gasteiger partial charge in [0.15, 0.2) is 0 Å². The highest BCUT2D eigenvalue weighted by Gasteiger charge is 2.12. The Morgan fingerprint density at radius 3 is 2.39 bits per heavy atom. The molecule has 0 saturated heterocycles. The molecule has 3 aromatic rings. The van der Waals surface area contributed by atoms with Gasteiger partial charge in [-0.25, -0.2) is 0 Å². The van der Waals surface area contributed by atoms with Gasteiger partial charge in [0.25, 0.3) is 11.6 Å². The Morgan fingerprint density at radius 2 is 1.73 bits per heavy atom. The summed E-state index contributed by atoms with van der Waals surface area (Å²) in [4.78, 5) is 24.6. The second-order valence-electron chi connectivity index (χ2n) is 7.69. The number of nitrogens with one attached hydrogen (secondary N) is 1. The number of aryl methyl sites for hydroxylation is 1. The van der Waals surface area contributed by atoms with E-state index in [4.69, 9.17) is 9.47 Å². The van der Waals surface area contributed by atoms with Gasteiger partial charge in [-0.05, 0) is 23.9 Å². The Hall–Kier alpha value is -3.65. The largest absolute Gasteiger partial charge is 0.489 e. The molecule has 3 aromatic carbocycles. The summed E-state index contributed by atoms with van der Waals surface area (Å²) in [6.45, 7) is 7.44. The Morgan fingerprint density at radius 1 is 1.03 bits per heavy atom. The molecule has 8 heteroatoms. The molecule has 1 N–H and O–H groups in total. The van der Waals surface area contributed by atoms with Crippen molar-refractivity contribution in [3.8, 4) is 5.75 Å². The molecular weight excluding hydrogens is 424 g/mol. The molecule has 0 aromatic heterocycles. The van der Waals surface area contributed by atoms with Crippen molar-refractivity contribution in [3.63, 3.8) is 0 Å². The number of nitrogens with zero attached hydrogens (tertiary/aromatic N) is 1. The molecule has 33 heavy (non-hydrogen) atoms. The van der Waals surface area contributed by atoms with Crippen LogP contribution in [0.4, 0.5) is 0 Å². The van der Waals surface area contributed by atoms with Crippen LogP contribution in [-0.2, 0) is 21.0 Å². The molecule has 0 aliphatic carbocycles. The van der Waals surface area contributed by atoms with Crippen molar-refractivity contribution < 1.29 is 24.2 Å². The molecule has 0 aliphatic rings. The number of ether oxygens (including phenoxy) is 2. The molecule has 0 saturated carbocycles. The molecular formula is C25H30N2O6. The molecule has 0 radical (unpaired) electrons. The highest BCUT2D eigenvalue weighted by Crippen LogP contribution is 2.25. The van der Waals surface area contributed by atoms with E-state index in [-0.39, 0.29) is 12.7 Å². The van der Waals surface area contributed by atoms with Gasteiger partial charge in [-0.3, -0.25) is 4.79 Å². The highest BCUT2D eigenvalue weighted by molar-refractivity contribution is 5.88. The Labute approximate surface area is 193 Å². The van der Waals surface area contributed by atoms with Crippen molar-refractivity contribution in [1.29, 1.82) is 0 Å². The standard InChI is InChI=1S/C17H21NO3.C8H9NO3/c1-13(2)18-10-15(21-12-19)11-20-17-9-5-7-14-6-3-4-8-16(14)17;1-7-2-4-8(5-3-7)6-12-9(10)11/h3-9,12-13,15,18H,10-11H2,1-2H3;2-5H,6H2,1H3. The van der Waals surface area contributed by atoms with Gasteiger partial charge in [-0.1, -0.05) is 80.1 Å². The van der Waals surface area contributed by atoms with Gasteiger partial charge in [0.2, 0.25) is 0 Å². The summed E-state index contributed by atoms with van der Waals surface area (Å²) in [5.74, 6) is 0.803. The first-order chi connectivity index (χ1) is 15.9. The summed E-state index contributed by atoms with van der Waals surface area (Å²) < 4.78 is 10.9. The van der Waals surface area contributed by atoms with Crippen LogP contribution in [0.5, 0.6) is 5.75 Å². The van der Waals surface area contributed by atoms with Crippen molar-refractivity contribution in [1.82, 2.24) is 5.32 Å². The van der Waals surface area contributed by atoms with E-state index in [0.717, 1.165) is 27.6 Å². The minimum Gasteiger partial charge on any atom is -0.489 e. The van der Waals surface area contributed by atoms with Crippen LogP contribution in [0, 0.1) is 17.0 Å². The van der Waals surface area contributed by atoms with Crippen LogP contribution in [-0.4, -0.2) is 36.9 Å². The van der Waals surface area contributed by atoms with E-state index in [9.17, 15) is 14.9 Å². The van der Waals surface area contributed by atoms with Gasteiger partial charge in [-0.2, -0.15) is 0 Å². The third kappa shape index (κ3) is 9.57. The summed E-state index contributed by atoms with van der Waals surface area (Å²) in [5.41, 5.74) is 1.93. The van der Waals surface area contributed by atoms with E-state index in [1.165, 1.54) is 0 Å². The van der Waals surface area contributed by atoms with Crippen molar-refractivity contribution in [2.45, 2.75) is 39.5 Å². The predicted octanol–water partition coefficient (Wildman–Crippen LogP) is 4.46. The quantitative estimate of drug-likeness (QED) is 0.259. The number of fused-ring (bicyclic) bond motifs is 1. The fourth-order valence-corrected chi connectivity index (χ4v) is 2.91. The van der Waals surface area contributed by atoms with Crippen molar-refractivity contribution in [2.75, 3.05) is 13.2 Å². The second kappa shape index (κ2) is 13.7. The monoisotopic (exact) mass is 454 g/mol. The van der Waals surface area contributed by atoms with Gasteiger partial charge >= 0.3 is 0 Å². The lowest BCUT2D eigenvalue weighted by Gasteiger charge is -2.18. The average molecular weight is 455 g/mol. The van der Waals surface area contributed by atoms with Gasteiger partial charge in [0.1, 0.15) is 25.1 Å². The second-order valence-corrected chi connectivity index (χ2v) is 7.69. The normalized spacial score (nSPS) is 11.3. The Kier molecular flexibility index (Phi) is 10.6. The van der Waals surface area contributed by atoms with Crippen LogP contribution in [0.25, 0.3) is 10.8 Å². The molecule has 0 bridgehead atoms. The lowest BCUT2D eigenvalue weighted by Crippen LogP contribution is -2.37. The molecule has 0 aliphatic heterocycles. The topological polar surface area (TPSA) is 99.9 Å². The van der Waals surface area contributed by atoms with E-state index in [0.29, 0.717) is 25.7 Å². The molecule has 176 valence electrons. The summed E-state index contributed by atoms with van der Waals surface area (Å²) in [6.07, 6.45) is -0.302. The Bertz CT molecular complexity index is 1000. The smallest absolute Gasteiger partial charge is 0.294 e. The SMILES string of the molecule is CC(C)NCC(COc1cccc2ccccc12)OC=O.Cc1ccc(CO[N+](=O)[O-])cc1. The lowest BCUT2D eigenvalue weighted by atomic mass is 10.1. The maximum Gasteiger partial charge on any atom is 0.294 e. The summed E-state index contributed by atoms with van der Waals surface area (Å²) in [5, 5.41) is 14.5. The van der Waals surface area contributed by atoms with E-state index in [1.54, 1.807) is 12.1 Å². The summed E-state index contributed by atoms with van der Waals surface area (Å²) >= 11 is 0. The van der Waals surface area contributed by atoms with Gasteiger partial charge < -0.3 is 19.6 Å². The fraction of sp³-hybridized carbons (Fsp3) is 0.320. The summed E-state index contributed by atoms with van der Waals surface area (Å²) in [7, 11) is 0. The molecule has 1 atom stereocenters. The van der Waals surface area contributed by atoms with E-state index < -0.39 is 5.09 Å².